The maximum absolute atomic E-state index is 13.2. The topological polar surface area (TPSA) is 55.2 Å². The van der Waals surface area contributed by atoms with Gasteiger partial charge < -0.3 is 5.32 Å². The standard InChI is InChI=1S/C10H10ClFN2O2/c1-7(11)5-13-6-8-2-3-10(14(15)16)9(12)4-8/h2-4,13H,1,5-6H2. The number of benzene rings is 1. The van der Waals surface area contributed by atoms with Crippen molar-refractivity contribution in [2.75, 3.05) is 6.54 Å². The SMILES string of the molecule is C=C(Cl)CNCc1ccc([N+](=O)[O-])c(F)c1. The number of hydrogen-bond donors (Lipinski definition) is 1. The molecule has 1 N–H and O–H groups in total. The largest absolute Gasteiger partial charge is 0.308 e. The van der Waals surface area contributed by atoms with Gasteiger partial charge in [0.2, 0.25) is 5.82 Å². The molecule has 0 heterocycles. The molecule has 0 amide bonds. The van der Waals surface area contributed by atoms with Crippen LogP contribution in [0.25, 0.3) is 0 Å². The molecule has 4 nitrogen and oxygen atoms in total. The third-order valence-corrected chi connectivity index (χ3v) is 1.99. The average molecular weight is 245 g/mol. The molecule has 86 valence electrons. The molecular weight excluding hydrogens is 235 g/mol. The molecule has 1 aromatic rings. The van der Waals surface area contributed by atoms with Crippen LogP contribution in [0.2, 0.25) is 0 Å². The summed E-state index contributed by atoms with van der Waals surface area (Å²) in [7, 11) is 0. The minimum Gasteiger partial charge on any atom is -0.308 e. The van der Waals surface area contributed by atoms with E-state index in [1.807, 2.05) is 0 Å². The third-order valence-electron chi connectivity index (χ3n) is 1.85. The molecule has 0 bridgehead atoms. The van der Waals surface area contributed by atoms with Gasteiger partial charge >= 0.3 is 5.69 Å². The van der Waals surface area contributed by atoms with Crippen LogP contribution in [0.4, 0.5) is 10.1 Å². The maximum atomic E-state index is 13.2. The van der Waals surface area contributed by atoms with Gasteiger partial charge in [0, 0.05) is 24.2 Å². The fraction of sp³-hybridized carbons (Fsp3) is 0.200. The highest BCUT2D eigenvalue weighted by Crippen LogP contribution is 2.17. The lowest BCUT2D eigenvalue weighted by Gasteiger charge is -2.03. The van der Waals surface area contributed by atoms with E-state index >= 15 is 0 Å². The van der Waals surface area contributed by atoms with E-state index in [9.17, 15) is 14.5 Å². The Bertz CT molecular complexity index is 423. The number of halogens is 2. The van der Waals surface area contributed by atoms with E-state index in [1.165, 1.54) is 6.07 Å². The van der Waals surface area contributed by atoms with Gasteiger partial charge in [0.05, 0.1) is 4.92 Å². The zero-order valence-corrected chi connectivity index (χ0v) is 9.13. The number of nitrogens with zero attached hydrogens (tertiary/aromatic N) is 1. The van der Waals surface area contributed by atoms with Crippen molar-refractivity contribution in [2.24, 2.45) is 0 Å². The van der Waals surface area contributed by atoms with E-state index in [0.29, 0.717) is 23.7 Å². The van der Waals surface area contributed by atoms with Gasteiger partial charge in [0.25, 0.3) is 0 Å². The monoisotopic (exact) mass is 244 g/mol. The molecule has 6 heteroatoms. The van der Waals surface area contributed by atoms with Crippen LogP contribution in [-0.2, 0) is 6.54 Å². The number of hydrogen-bond acceptors (Lipinski definition) is 3. The van der Waals surface area contributed by atoms with Gasteiger partial charge in [-0.3, -0.25) is 10.1 Å². The van der Waals surface area contributed by atoms with Crippen LogP contribution in [0.1, 0.15) is 5.56 Å². The predicted octanol–water partition coefficient (Wildman–Crippen LogP) is 2.58. The summed E-state index contributed by atoms with van der Waals surface area (Å²) in [5.74, 6) is -0.839. The van der Waals surface area contributed by atoms with Crippen LogP contribution in [0.3, 0.4) is 0 Å². The maximum Gasteiger partial charge on any atom is 0.304 e. The molecule has 0 saturated heterocycles. The molecular formula is C10H10ClFN2O2. The van der Waals surface area contributed by atoms with Crippen LogP contribution in [0, 0.1) is 15.9 Å². The van der Waals surface area contributed by atoms with Crippen molar-refractivity contribution in [1.82, 2.24) is 5.32 Å². The van der Waals surface area contributed by atoms with Gasteiger partial charge in [-0.1, -0.05) is 24.2 Å². The molecule has 1 aromatic carbocycles. The van der Waals surface area contributed by atoms with Crippen LogP contribution in [0.15, 0.2) is 29.8 Å². The normalized spacial score (nSPS) is 10.1. The van der Waals surface area contributed by atoms with Gasteiger partial charge in [-0.15, -0.1) is 0 Å². The molecule has 16 heavy (non-hydrogen) atoms. The Kier molecular flexibility index (Phi) is 4.39. The molecule has 0 aromatic heterocycles. The minimum atomic E-state index is -0.839. The summed E-state index contributed by atoms with van der Waals surface area (Å²) < 4.78 is 13.2. The molecule has 1 rings (SSSR count). The highest BCUT2D eigenvalue weighted by Gasteiger charge is 2.13. The van der Waals surface area contributed by atoms with Crippen molar-refractivity contribution in [3.63, 3.8) is 0 Å². The Hall–Kier alpha value is -1.46. The molecule has 0 unspecified atom stereocenters. The molecule has 0 atom stereocenters. The second kappa shape index (κ2) is 5.58. The van der Waals surface area contributed by atoms with Gasteiger partial charge in [0.1, 0.15) is 0 Å². The van der Waals surface area contributed by atoms with Crippen LogP contribution < -0.4 is 5.32 Å². The number of nitro benzene ring substituents is 1. The summed E-state index contributed by atoms with van der Waals surface area (Å²) in [4.78, 5) is 9.60. The van der Waals surface area contributed by atoms with Crippen LogP contribution >= 0.6 is 11.6 Å². The summed E-state index contributed by atoms with van der Waals surface area (Å²) in [5, 5.41) is 13.7. The molecule has 0 fully saturated rings. The van der Waals surface area contributed by atoms with Crippen molar-refractivity contribution in [2.45, 2.75) is 6.54 Å². The first-order chi connectivity index (χ1) is 7.50. The fourth-order valence-corrected chi connectivity index (χ4v) is 1.25. The van der Waals surface area contributed by atoms with Crippen LogP contribution in [0.5, 0.6) is 0 Å². The Labute approximate surface area is 96.9 Å². The molecule has 0 saturated carbocycles. The predicted molar refractivity (Wildman–Crippen MR) is 59.8 cm³/mol. The van der Waals surface area contributed by atoms with Gasteiger partial charge in [-0.25, -0.2) is 0 Å². The fourth-order valence-electron chi connectivity index (χ4n) is 1.15. The first-order valence-electron chi connectivity index (χ1n) is 4.47. The summed E-state index contributed by atoms with van der Waals surface area (Å²) in [6.45, 7) is 4.26. The van der Waals surface area contributed by atoms with Crippen molar-refractivity contribution in [1.29, 1.82) is 0 Å². The van der Waals surface area contributed by atoms with E-state index in [2.05, 4.69) is 11.9 Å². The Morgan fingerprint density at radius 3 is 2.81 bits per heavy atom. The Morgan fingerprint density at radius 1 is 1.62 bits per heavy atom. The van der Waals surface area contributed by atoms with Gasteiger partial charge in [-0.05, 0) is 11.6 Å². The number of nitro groups is 1. The van der Waals surface area contributed by atoms with Crippen molar-refractivity contribution in [3.8, 4) is 0 Å². The highest BCUT2D eigenvalue weighted by atomic mass is 35.5. The van der Waals surface area contributed by atoms with E-state index < -0.39 is 16.4 Å². The molecule has 0 radical (unpaired) electrons. The lowest BCUT2D eigenvalue weighted by atomic mass is 10.2. The molecule has 0 aliphatic heterocycles. The summed E-state index contributed by atoms with van der Waals surface area (Å²) in [6, 6.07) is 3.76. The lowest BCUT2D eigenvalue weighted by Crippen LogP contribution is -2.14. The van der Waals surface area contributed by atoms with Gasteiger partial charge in [-0.2, -0.15) is 4.39 Å². The van der Waals surface area contributed by atoms with Gasteiger partial charge in [0.15, 0.2) is 0 Å². The lowest BCUT2D eigenvalue weighted by molar-refractivity contribution is -0.387. The van der Waals surface area contributed by atoms with Crippen molar-refractivity contribution < 1.29 is 9.31 Å². The zero-order valence-electron chi connectivity index (χ0n) is 8.37. The average Bonchev–Trinajstić information content (AvgIpc) is 2.16. The van der Waals surface area contributed by atoms with Crippen LogP contribution in [-0.4, -0.2) is 11.5 Å². The summed E-state index contributed by atoms with van der Waals surface area (Å²) in [6.07, 6.45) is 0. The second-order valence-electron chi connectivity index (χ2n) is 3.16. The summed E-state index contributed by atoms with van der Waals surface area (Å²) >= 11 is 5.52. The van der Waals surface area contributed by atoms with Crippen molar-refractivity contribution >= 4 is 17.3 Å². The van der Waals surface area contributed by atoms with E-state index in [-0.39, 0.29) is 0 Å². The summed E-state index contributed by atoms with van der Waals surface area (Å²) in [5.41, 5.74) is 0.0894. The van der Waals surface area contributed by atoms with Crippen molar-refractivity contribution in [3.05, 3.63) is 51.3 Å². The second-order valence-corrected chi connectivity index (χ2v) is 3.70. The quantitative estimate of drug-likeness (QED) is 0.640. The zero-order chi connectivity index (χ0) is 12.1. The minimum absolute atomic E-state index is 0.376. The third kappa shape index (κ3) is 3.60. The smallest absolute Gasteiger partial charge is 0.304 e. The first kappa shape index (κ1) is 12.6. The Morgan fingerprint density at radius 2 is 2.31 bits per heavy atom. The molecule has 0 aliphatic carbocycles. The van der Waals surface area contributed by atoms with E-state index in [4.69, 9.17) is 11.6 Å². The Balaban J connectivity index is 2.66. The highest BCUT2D eigenvalue weighted by molar-refractivity contribution is 6.29. The molecule has 0 spiro atoms. The van der Waals surface area contributed by atoms with E-state index in [0.717, 1.165) is 12.1 Å². The first-order valence-corrected chi connectivity index (χ1v) is 4.85. The molecule has 0 aliphatic rings. The number of rotatable bonds is 5. The number of nitrogens with one attached hydrogen (secondary N) is 1. The van der Waals surface area contributed by atoms with E-state index in [1.54, 1.807) is 0 Å².